The molecule has 5 nitrogen and oxygen atoms in total. The molecule has 0 atom stereocenters. The predicted molar refractivity (Wildman–Crippen MR) is 107 cm³/mol. The van der Waals surface area contributed by atoms with Crippen LogP contribution < -0.4 is 11.2 Å². The van der Waals surface area contributed by atoms with E-state index in [-0.39, 0.29) is 13.1 Å². The molecule has 29 heavy (non-hydrogen) atoms. The minimum absolute atomic E-state index is 0.152. The van der Waals surface area contributed by atoms with Crippen molar-refractivity contribution < 1.29 is 13.9 Å². The maximum Gasteiger partial charge on any atom is 0.334 e. The van der Waals surface area contributed by atoms with Crippen LogP contribution in [0.2, 0.25) is 0 Å². The molecule has 3 aromatic rings. The number of benzene rings is 2. The molecule has 0 bridgehead atoms. The summed E-state index contributed by atoms with van der Waals surface area (Å²) >= 11 is 0. The van der Waals surface area contributed by atoms with Gasteiger partial charge in [-0.25, -0.2) is 13.6 Å². The Kier molecular flexibility index (Phi) is 5.59. The second-order valence-corrected chi connectivity index (χ2v) is 6.52. The second-order valence-electron chi connectivity index (χ2n) is 6.52. The highest BCUT2D eigenvalue weighted by Crippen LogP contribution is 2.18. The predicted octanol–water partition coefficient (Wildman–Crippen LogP) is 3.42. The normalized spacial score (nSPS) is 10.7. The number of nitrogens with zero attached hydrogens (tertiary/aromatic N) is 2. The van der Waals surface area contributed by atoms with Crippen molar-refractivity contribution in [1.82, 2.24) is 9.13 Å². The monoisotopic (exact) mass is 396 g/mol. The van der Waals surface area contributed by atoms with Gasteiger partial charge in [0.05, 0.1) is 19.2 Å². The Morgan fingerprint density at radius 2 is 1.31 bits per heavy atom. The van der Waals surface area contributed by atoms with E-state index >= 15 is 0 Å². The Morgan fingerprint density at radius 1 is 0.828 bits per heavy atom. The Labute approximate surface area is 165 Å². The molecule has 0 aliphatic rings. The molecule has 1 aromatic heterocycles. The molecule has 1 heterocycles. The number of aromatic nitrogens is 2. The lowest BCUT2D eigenvalue weighted by atomic mass is 10.1. The first kappa shape index (κ1) is 20.0. The lowest BCUT2D eigenvalue weighted by molar-refractivity contribution is 0.404. The Balaban J connectivity index is 1.94. The number of halogens is 2. The third kappa shape index (κ3) is 4.40. The summed E-state index contributed by atoms with van der Waals surface area (Å²) in [5, 5.41) is 10.1. The molecule has 0 spiro atoms. The van der Waals surface area contributed by atoms with Gasteiger partial charge in [0.2, 0.25) is 5.88 Å². The fourth-order valence-electron chi connectivity index (χ4n) is 2.88. The average molecular weight is 396 g/mol. The van der Waals surface area contributed by atoms with Gasteiger partial charge in [0.1, 0.15) is 11.6 Å². The van der Waals surface area contributed by atoms with Crippen LogP contribution in [0.5, 0.6) is 5.88 Å². The highest BCUT2D eigenvalue weighted by Gasteiger charge is 2.14. The minimum atomic E-state index is -0.787. The standard InChI is InChI=1S/C22H18F2N2O3/c1-14(16-5-3-7-18(23)9-16)12-25-20(27)11-21(28)26(22(25)29)13-15(2)17-6-4-8-19(24)10-17/h3-11,27H,1-2,12-13H2. The SMILES string of the molecule is C=C(Cn1c(O)cc(=O)n(CC(=C)c2cccc(F)c2)c1=O)c1cccc(F)c1. The zero-order valence-corrected chi connectivity index (χ0v) is 15.4. The average Bonchev–Trinajstić information content (AvgIpc) is 2.68. The van der Waals surface area contributed by atoms with Gasteiger partial charge in [-0.15, -0.1) is 0 Å². The lowest BCUT2D eigenvalue weighted by Gasteiger charge is -2.14. The molecule has 0 unspecified atom stereocenters. The van der Waals surface area contributed by atoms with Crippen molar-refractivity contribution in [2.45, 2.75) is 13.1 Å². The first-order chi connectivity index (χ1) is 13.8. The van der Waals surface area contributed by atoms with Crippen LogP contribution >= 0.6 is 0 Å². The van der Waals surface area contributed by atoms with Crippen LogP contribution in [0, 0.1) is 11.6 Å². The van der Waals surface area contributed by atoms with Crippen LogP contribution in [-0.4, -0.2) is 14.2 Å². The summed E-state index contributed by atoms with van der Waals surface area (Å²) in [5.74, 6) is -1.47. The smallest absolute Gasteiger partial charge is 0.334 e. The molecule has 0 saturated carbocycles. The molecule has 148 valence electrons. The van der Waals surface area contributed by atoms with E-state index in [1.54, 1.807) is 12.1 Å². The van der Waals surface area contributed by atoms with Crippen molar-refractivity contribution >= 4 is 11.1 Å². The molecule has 2 aromatic carbocycles. The first-order valence-corrected chi connectivity index (χ1v) is 8.67. The number of hydrogen-bond acceptors (Lipinski definition) is 3. The van der Waals surface area contributed by atoms with E-state index in [1.165, 1.54) is 36.4 Å². The highest BCUT2D eigenvalue weighted by atomic mass is 19.1. The summed E-state index contributed by atoms with van der Waals surface area (Å²) < 4.78 is 28.7. The van der Waals surface area contributed by atoms with E-state index in [1.807, 2.05) is 0 Å². The topological polar surface area (TPSA) is 64.2 Å². The second kappa shape index (κ2) is 8.10. The van der Waals surface area contributed by atoms with E-state index in [9.17, 15) is 23.5 Å². The molecule has 0 amide bonds. The van der Waals surface area contributed by atoms with Gasteiger partial charge in [0, 0.05) is 0 Å². The van der Waals surface area contributed by atoms with Gasteiger partial charge >= 0.3 is 5.69 Å². The Bertz CT molecular complexity index is 1230. The number of hydrogen-bond donors (Lipinski definition) is 1. The van der Waals surface area contributed by atoms with Gasteiger partial charge in [-0.05, 0) is 46.5 Å². The number of rotatable bonds is 6. The van der Waals surface area contributed by atoms with E-state index in [4.69, 9.17) is 0 Å². The van der Waals surface area contributed by atoms with Crippen molar-refractivity contribution in [1.29, 1.82) is 0 Å². The number of allylic oxidation sites excluding steroid dienone is 2. The molecule has 0 saturated heterocycles. The minimum Gasteiger partial charge on any atom is -0.494 e. The maximum atomic E-state index is 13.4. The van der Waals surface area contributed by atoms with Gasteiger partial charge in [-0.2, -0.15) is 0 Å². The van der Waals surface area contributed by atoms with Crippen LogP contribution in [0.4, 0.5) is 8.78 Å². The third-order valence-corrected chi connectivity index (χ3v) is 4.42. The number of aromatic hydroxyl groups is 1. The zero-order valence-electron chi connectivity index (χ0n) is 15.4. The highest BCUT2D eigenvalue weighted by molar-refractivity contribution is 5.64. The summed E-state index contributed by atoms with van der Waals surface area (Å²) in [5.41, 5.74) is 0.113. The van der Waals surface area contributed by atoms with Crippen LogP contribution in [-0.2, 0) is 13.1 Å². The van der Waals surface area contributed by atoms with E-state index in [0.717, 1.165) is 15.2 Å². The molecule has 7 heteroatoms. The molecule has 1 N–H and O–H groups in total. The third-order valence-electron chi connectivity index (χ3n) is 4.42. The molecular weight excluding hydrogens is 378 g/mol. The molecule has 0 aliphatic heterocycles. The summed E-state index contributed by atoms with van der Waals surface area (Å²) in [6.07, 6.45) is 0. The molecule has 0 radical (unpaired) electrons. The molecule has 0 fully saturated rings. The largest absolute Gasteiger partial charge is 0.494 e. The van der Waals surface area contributed by atoms with Crippen LogP contribution in [0.1, 0.15) is 11.1 Å². The van der Waals surface area contributed by atoms with E-state index in [2.05, 4.69) is 13.2 Å². The van der Waals surface area contributed by atoms with E-state index < -0.39 is 28.8 Å². The molecule has 3 rings (SSSR count). The van der Waals surface area contributed by atoms with Crippen molar-refractivity contribution in [2.75, 3.05) is 0 Å². The molecular formula is C22H18F2N2O3. The maximum absolute atomic E-state index is 13.4. The summed E-state index contributed by atoms with van der Waals surface area (Å²) in [4.78, 5) is 25.1. The molecule has 0 aliphatic carbocycles. The van der Waals surface area contributed by atoms with Crippen LogP contribution in [0.25, 0.3) is 11.1 Å². The van der Waals surface area contributed by atoms with Crippen molar-refractivity contribution in [3.05, 3.63) is 111 Å². The van der Waals surface area contributed by atoms with Gasteiger partial charge in [0.15, 0.2) is 0 Å². The van der Waals surface area contributed by atoms with Gasteiger partial charge in [-0.3, -0.25) is 13.9 Å². The van der Waals surface area contributed by atoms with Gasteiger partial charge in [0.25, 0.3) is 5.56 Å². The van der Waals surface area contributed by atoms with Gasteiger partial charge in [-0.1, -0.05) is 37.4 Å². The van der Waals surface area contributed by atoms with Crippen molar-refractivity contribution in [3.63, 3.8) is 0 Å². The van der Waals surface area contributed by atoms with Crippen molar-refractivity contribution in [3.8, 4) is 5.88 Å². The van der Waals surface area contributed by atoms with Crippen molar-refractivity contribution in [2.24, 2.45) is 0 Å². The Hall–Kier alpha value is -3.74. The van der Waals surface area contributed by atoms with Gasteiger partial charge < -0.3 is 5.11 Å². The summed E-state index contributed by atoms with van der Waals surface area (Å²) in [6, 6.07) is 12.2. The van der Waals surface area contributed by atoms with Crippen LogP contribution in [0.15, 0.2) is 77.3 Å². The lowest BCUT2D eigenvalue weighted by Crippen LogP contribution is -2.39. The fraction of sp³-hybridized carbons (Fsp3) is 0.0909. The Morgan fingerprint density at radius 3 is 1.79 bits per heavy atom. The quantitative estimate of drug-likeness (QED) is 0.695. The fourth-order valence-corrected chi connectivity index (χ4v) is 2.88. The first-order valence-electron chi connectivity index (χ1n) is 8.67. The summed E-state index contributed by atoms with van der Waals surface area (Å²) in [6.45, 7) is 7.31. The van der Waals surface area contributed by atoms with E-state index in [0.29, 0.717) is 22.3 Å². The van der Waals surface area contributed by atoms with Crippen LogP contribution in [0.3, 0.4) is 0 Å². The summed E-state index contributed by atoms with van der Waals surface area (Å²) in [7, 11) is 0. The zero-order chi connectivity index (χ0) is 21.1.